The van der Waals surface area contributed by atoms with E-state index in [0.29, 0.717) is 29.2 Å². The number of phenolic OH excluding ortho intramolecular Hbond substituents is 1. The van der Waals surface area contributed by atoms with Gasteiger partial charge >= 0.3 is 0 Å². The van der Waals surface area contributed by atoms with Crippen LogP contribution in [0.25, 0.3) is 0 Å². The topological polar surface area (TPSA) is 61.8 Å². The molecule has 1 aliphatic rings. The number of phenols is 1. The lowest BCUT2D eigenvalue weighted by Gasteiger charge is -2.23. The van der Waals surface area contributed by atoms with Gasteiger partial charge in [-0.1, -0.05) is 41.0 Å². The third kappa shape index (κ3) is 6.56. The van der Waals surface area contributed by atoms with Gasteiger partial charge in [-0.25, -0.2) is 0 Å². The molecule has 2 aromatic carbocycles. The number of aryl methyl sites for hydroxylation is 1. The molecule has 1 amide bonds. The van der Waals surface area contributed by atoms with Crippen molar-refractivity contribution in [1.82, 2.24) is 0 Å². The van der Waals surface area contributed by atoms with Gasteiger partial charge in [-0.15, -0.1) is 0 Å². The Morgan fingerprint density at radius 2 is 1.69 bits per heavy atom. The highest BCUT2D eigenvalue weighted by atomic mass is 16.5. The summed E-state index contributed by atoms with van der Waals surface area (Å²) in [5, 5.41) is 13.7. The number of aromatic hydroxyl groups is 1. The van der Waals surface area contributed by atoms with Crippen LogP contribution in [-0.4, -0.2) is 24.7 Å². The van der Waals surface area contributed by atoms with E-state index in [4.69, 9.17) is 4.74 Å². The number of amides is 1. The number of allylic oxidation sites excluding steroid dienone is 5. The van der Waals surface area contributed by atoms with Crippen molar-refractivity contribution in [2.45, 2.75) is 60.3 Å². The number of hydrogen-bond donors (Lipinski definition) is 2. The van der Waals surface area contributed by atoms with E-state index in [1.807, 2.05) is 19.1 Å². The molecule has 0 fully saturated rings. The average Bonchev–Trinajstić information content (AvgIpc) is 2.92. The summed E-state index contributed by atoms with van der Waals surface area (Å²) in [6.07, 6.45) is 10.8. The molecule has 2 aromatic rings. The fraction of sp³-hybridized carbons (Fsp3) is 0.367. The number of para-hydroxylation sites is 1. The van der Waals surface area contributed by atoms with Gasteiger partial charge in [-0.05, 0) is 84.1 Å². The van der Waals surface area contributed by atoms with Crippen LogP contribution in [0.1, 0.15) is 69.3 Å². The van der Waals surface area contributed by atoms with Gasteiger partial charge in [0.2, 0.25) is 0 Å². The van der Waals surface area contributed by atoms with Gasteiger partial charge in [0.15, 0.2) is 0 Å². The molecule has 5 nitrogen and oxygen atoms in total. The summed E-state index contributed by atoms with van der Waals surface area (Å²) < 4.78 is 5.53. The molecule has 0 bridgehead atoms. The van der Waals surface area contributed by atoms with Gasteiger partial charge in [-0.2, -0.15) is 0 Å². The molecule has 2 N–H and O–H groups in total. The molecule has 0 atom stereocenters. The highest BCUT2D eigenvalue weighted by Crippen LogP contribution is 2.43. The number of carbonyl (C=O) groups is 1. The van der Waals surface area contributed by atoms with E-state index in [1.165, 1.54) is 16.7 Å². The van der Waals surface area contributed by atoms with Gasteiger partial charge in [-0.3, -0.25) is 4.79 Å². The molecule has 0 aliphatic carbocycles. The first kappa shape index (κ1) is 26.1. The largest absolute Gasteiger partial charge is 0.508 e. The fourth-order valence-corrected chi connectivity index (χ4v) is 4.28. The summed E-state index contributed by atoms with van der Waals surface area (Å²) in [6, 6.07) is 8.81. The number of carbonyl (C=O) groups excluding carboxylic acids is 1. The molecule has 0 aromatic heterocycles. The number of fused-ring (bicyclic) bond motifs is 2. The lowest BCUT2D eigenvalue weighted by molar-refractivity contribution is 0.0991. The minimum atomic E-state index is -0.130. The van der Waals surface area contributed by atoms with Crippen molar-refractivity contribution in [2.24, 2.45) is 0 Å². The Morgan fingerprint density at radius 1 is 1.00 bits per heavy atom. The Morgan fingerprint density at radius 3 is 2.37 bits per heavy atom. The zero-order chi connectivity index (χ0) is 25.5. The molecule has 3 rings (SSSR count). The highest BCUT2D eigenvalue weighted by Gasteiger charge is 2.29. The Hall–Kier alpha value is -3.47. The molecule has 0 saturated heterocycles. The van der Waals surface area contributed by atoms with E-state index in [-0.39, 0.29) is 11.7 Å². The summed E-state index contributed by atoms with van der Waals surface area (Å²) in [7, 11) is 1.60. The predicted molar refractivity (Wildman–Crippen MR) is 146 cm³/mol. The highest BCUT2D eigenvalue weighted by molar-refractivity contribution is 6.15. The van der Waals surface area contributed by atoms with Crippen molar-refractivity contribution in [3.63, 3.8) is 0 Å². The second-order valence-corrected chi connectivity index (χ2v) is 9.54. The summed E-state index contributed by atoms with van der Waals surface area (Å²) >= 11 is 0. The van der Waals surface area contributed by atoms with Crippen molar-refractivity contribution < 1.29 is 14.6 Å². The van der Waals surface area contributed by atoms with Crippen LogP contribution in [0.4, 0.5) is 17.1 Å². The summed E-state index contributed by atoms with van der Waals surface area (Å²) in [4.78, 5) is 15.4. The van der Waals surface area contributed by atoms with Crippen LogP contribution < -0.4 is 15.0 Å². The molecular formula is C30H38N2O3. The molecule has 1 aliphatic heterocycles. The molecule has 35 heavy (non-hydrogen) atoms. The van der Waals surface area contributed by atoms with Crippen molar-refractivity contribution in [1.29, 1.82) is 0 Å². The van der Waals surface area contributed by atoms with Gasteiger partial charge in [0.25, 0.3) is 5.91 Å². The molecule has 186 valence electrons. The number of methoxy groups -OCH3 is 1. The lowest BCUT2D eigenvalue weighted by atomic mass is 10.1. The third-order valence-electron chi connectivity index (χ3n) is 6.31. The smallest absolute Gasteiger partial charge is 0.260 e. The number of nitrogens with one attached hydrogen (secondary N) is 1. The van der Waals surface area contributed by atoms with Crippen LogP contribution in [0.5, 0.6) is 11.5 Å². The molecule has 0 spiro atoms. The van der Waals surface area contributed by atoms with Gasteiger partial charge in [0.1, 0.15) is 11.5 Å². The number of rotatable bonds is 9. The molecule has 0 radical (unpaired) electrons. The first-order valence-corrected chi connectivity index (χ1v) is 12.3. The predicted octanol–water partition coefficient (Wildman–Crippen LogP) is 7.83. The lowest BCUT2D eigenvalue weighted by Crippen LogP contribution is -2.30. The maximum absolute atomic E-state index is 13.7. The van der Waals surface area contributed by atoms with E-state index in [2.05, 4.69) is 51.2 Å². The van der Waals surface area contributed by atoms with Crippen LogP contribution in [0.15, 0.2) is 65.3 Å². The minimum absolute atomic E-state index is 0.130. The fourth-order valence-electron chi connectivity index (χ4n) is 4.28. The molecule has 0 saturated carbocycles. The number of hydrogen-bond acceptors (Lipinski definition) is 4. The van der Waals surface area contributed by atoms with Crippen LogP contribution in [0.3, 0.4) is 0 Å². The van der Waals surface area contributed by atoms with E-state index in [1.54, 1.807) is 30.2 Å². The van der Waals surface area contributed by atoms with Crippen molar-refractivity contribution in [3.05, 3.63) is 76.4 Å². The number of nitrogens with zero attached hydrogens (tertiary/aromatic N) is 1. The van der Waals surface area contributed by atoms with Gasteiger partial charge < -0.3 is 20.1 Å². The van der Waals surface area contributed by atoms with E-state index in [9.17, 15) is 9.90 Å². The third-order valence-corrected chi connectivity index (χ3v) is 6.31. The minimum Gasteiger partial charge on any atom is -0.508 e. The quantitative estimate of drug-likeness (QED) is 0.287. The second kappa shape index (κ2) is 11.8. The average molecular weight is 475 g/mol. The van der Waals surface area contributed by atoms with Gasteiger partial charge in [0.05, 0.1) is 29.7 Å². The maximum atomic E-state index is 13.7. The maximum Gasteiger partial charge on any atom is 0.260 e. The van der Waals surface area contributed by atoms with Gasteiger partial charge in [0, 0.05) is 12.6 Å². The summed E-state index contributed by atoms with van der Waals surface area (Å²) in [5.41, 5.74) is 7.49. The molecule has 1 heterocycles. The normalized spacial score (nSPS) is 13.5. The van der Waals surface area contributed by atoms with E-state index >= 15 is 0 Å². The number of anilines is 3. The molecule has 0 unspecified atom stereocenters. The Bertz CT molecular complexity index is 1170. The van der Waals surface area contributed by atoms with E-state index < -0.39 is 0 Å². The van der Waals surface area contributed by atoms with Crippen molar-refractivity contribution >= 4 is 23.0 Å². The Labute approximate surface area is 209 Å². The SMILES string of the molecule is COc1cccc2c1Nc1c(C)cc(O)cc1N(C/C=C(\C)CC/C=C(\C)CCC=C(C)C)C2=O. The first-order valence-electron chi connectivity index (χ1n) is 12.3. The van der Waals surface area contributed by atoms with Crippen LogP contribution in [0, 0.1) is 6.92 Å². The van der Waals surface area contributed by atoms with Crippen LogP contribution >= 0.6 is 0 Å². The number of benzene rings is 2. The Kier molecular flexibility index (Phi) is 8.80. The standard InChI is InChI=1S/C30H38N2O3/c1-20(2)10-7-11-21(3)12-8-13-22(4)16-17-32-26-19-24(33)18-23(5)28(26)31-29-25(30(32)34)14-9-15-27(29)35-6/h9-10,12,14-16,18-19,31,33H,7-8,11,13,17H2,1-6H3/b21-12+,22-16+. The molecule has 5 heteroatoms. The van der Waals surface area contributed by atoms with E-state index in [0.717, 1.165) is 36.9 Å². The Balaban J connectivity index is 1.82. The van der Waals surface area contributed by atoms with Crippen LogP contribution in [0.2, 0.25) is 0 Å². The summed E-state index contributed by atoms with van der Waals surface area (Å²) in [5.74, 6) is 0.608. The van der Waals surface area contributed by atoms with Crippen molar-refractivity contribution in [2.75, 3.05) is 23.9 Å². The summed E-state index contributed by atoms with van der Waals surface area (Å²) in [6.45, 7) is 10.9. The monoisotopic (exact) mass is 474 g/mol. The first-order chi connectivity index (χ1) is 16.7. The molecular weight excluding hydrogens is 436 g/mol. The zero-order valence-electron chi connectivity index (χ0n) is 21.9. The second-order valence-electron chi connectivity index (χ2n) is 9.54. The van der Waals surface area contributed by atoms with Crippen molar-refractivity contribution in [3.8, 4) is 11.5 Å². The zero-order valence-corrected chi connectivity index (χ0v) is 21.9. The van der Waals surface area contributed by atoms with Crippen LogP contribution in [-0.2, 0) is 0 Å². The number of ether oxygens (including phenoxy) is 1.